The van der Waals surface area contributed by atoms with E-state index < -0.39 is 0 Å². The summed E-state index contributed by atoms with van der Waals surface area (Å²) in [6, 6.07) is 10.0. The number of pyridine rings is 1. The fraction of sp³-hybridized carbons (Fsp3) is 0.400. The van der Waals surface area contributed by atoms with Gasteiger partial charge in [-0.2, -0.15) is 0 Å². The zero-order valence-corrected chi connectivity index (χ0v) is 14.9. The molecule has 0 unspecified atom stereocenters. The van der Waals surface area contributed by atoms with Crippen LogP contribution in [0.3, 0.4) is 0 Å². The molecular formula is C20H22N4O2. The van der Waals surface area contributed by atoms with Gasteiger partial charge in [0.05, 0.1) is 0 Å². The van der Waals surface area contributed by atoms with Crippen molar-refractivity contribution < 1.29 is 9.21 Å². The predicted octanol–water partition coefficient (Wildman–Crippen LogP) is 3.79. The van der Waals surface area contributed by atoms with Crippen molar-refractivity contribution in [2.75, 3.05) is 13.1 Å². The lowest BCUT2D eigenvalue weighted by Crippen LogP contribution is -2.37. The summed E-state index contributed by atoms with van der Waals surface area (Å²) in [4.78, 5) is 18.4. The molecule has 3 heterocycles. The summed E-state index contributed by atoms with van der Waals surface area (Å²) < 4.78 is 5.97. The van der Waals surface area contributed by atoms with Gasteiger partial charge in [0.1, 0.15) is 5.69 Å². The number of carbonyl (C=O) groups is 1. The number of carbonyl (C=O) groups excluding carboxylic acids is 1. The Morgan fingerprint density at radius 2 is 2.00 bits per heavy atom. The first kappa shape index (κ1) is 16.7. The highest BCUT2D eigenvalue weighted by atomic mass is 16.4. The van der Waals surface area contributed by atoms with E-state index >= 15 is 0 Å². The maximum absolute atomic E-state index is 12.0. The lowest BCUT2D eigenvalue weighted by molar-refractivity contribution is -0.132. The molecule has 0 aliphatic carbocycles. The van der Waals surface area contributed by atoms with Crippen LogP contribution in [-0.2, 0) is 4.79 Å². The van der Waals surface area contributed by atoms with Gasteiger partial charge in [0.2, 0.25) is 11.8 Å². The summed E-state index contributed by atoms with van der Waals surface area (Å²) in [6.07, 6.45) is 5.01. The Morgan fingerprint density at radius 3 is 2.81 bits per heavy atom. The fourth-order valence-electron chi connectivity index (χ4n) is 3.53. The summed E-state index contributed by atoms with van der Waals surface area (Å²) >= 11 is 0. The van der Waals surface area contributed by atoms with Crippen LogP contribution in [0.1, 0.15) is 44.4 Å². The maximum atomic E-state index is 12.0. The molecule has 6 heteroatoms. The largest absolute Gasteiger partial charge is 0.419 e. The van der Waals surface area contributed by atoms with Gasteiger partial charge >= 0.3 is 0 Å². The van der Waals surface area contributed by atoms with Gasteiger partial charge in [-0.25, -0.2) is 0 Å². The number of hydrogen-bond donors (Lipinski definition) is 0. The lowest BCUT2D eigenvalue weighted by Gasteiger charge is -2.30. The first-order valence-corrected chi connectivity index (χ1v) is 9.21. The molecular weight excluding hydrogens is 328 g/mol. The molecule has 26 heavy (non-hydrogen) atoms. The van der Waals surface area contributed by atoms with Gasteiger partial charge in [0, 0.05) is 37.0 Å². The third-order valence-corrected chi connectivity index (χ3v) is 4.98. The smallest absolute Gasteiger partial charge is 0.266 e. The summed E-state index contributed by atoms with van der Waals surface area (Å²) in [5.41, 5.74) is 0.720. The minimum absolute atomic E-state index is 0.205. The van der Waals surface area contributed by atoms with Gasteiger partial charge in [-0.3, -0.25) is 9.78 Å². The van der Waals surface area contributed by atoms with Gasteiger partial charge < -0.3 is 9.32 Å². The van der Waals surface area contributed by atoms with Gasteiger partial charge in [0.15, 0.2) is 0 Å². The van der Waals surface area contributed by atoms with Gasteiger partial charge in [-0.05, 0) is 30.7 Å². The number of rotatable bonds is 4. The molecule has 134 valence electrons. The van der Waals surface area contributed by atoms with Crippen molar-refractivity contribution in [1.82, 2.24) is 20.1 Å². The minimum atomic E-state index is 0.205. The zero-order valence-electron chi connectivity index (χ0n) is 14.9. The minimum Gasteiger partial charge on any atom is -0.419 e. The van der Waals surface area contributed by atoms with Gasteiger partial charge in [0.25, 0.3) is 5.89 Å². The van der Waals surface area contributed by atoms with E-state index in [1.54, 1.807) is 6.20 Å². The number of hydrogen-bond acceptors (Lipinski definition) is 5. The second-order valence-corrected chi connectivity index (χ2v) is 6.73. The summed E-state index contributed by atoms with van der Waals surface area (Å²) in [6.45, 7) is 3.55. The molecule has 2 aromatic heterocycles. The van der Waals surface area contributed by atoms with Crippen LogP contribution in [0.25, 0.3) is 22.4 Å². The number of fused-ring (bicyclic) bond motifs is 1. The van der Waals surface area contributed by atoms with Gasteiger partial charge in [-0.15, -0.1) is 10.2 Å². The van der Waals surface area contributed by atoms with Crippen LogP contribution in [0.4, 0.5) is 0 Å². The second-order valence-electron chi connectivity index (χ2n) is 6.73. The Labute approximate surface area is 152 Å². The molecule has 0 N–H and O–H groups in total. The molecule has 4 rings (SSSR count). The van der Waals surface area contributed by atoms with E-state index in [0.717, 1.165) is 48.8 Å². The van der Waals surface area contributed by atoms with Crippen LogP contribution >= 0.6 is 0 Å². The highest BCUT2D eigenvalue weighted by Crippen LogP contribution is 2.31. The molecule has 1 saturated heterocycles. The standard InChI is InChI=1S/C20H22N4O2/c1-2-5-17(25)24-12-9-15(10-13-24)19-22-23-20(26-19)18-16-7-4-3-6-14(16)8-11-21-18/h3-4,6-8,11,15H,2,5,9-10,12-13H2,1H3. The number of piperidine rings is 1. The van der Waals surface area contributed by atoms with Gasteiger partial charge in [-0.1, -0.05) is 31.2 Å². The topological polar surface area (TPSA) is 72.1 Å². The van der Waals surface area contributed by atoms with Crippen molar-refractivity contribution in [3.63, 3.8) is 0 Å². The molecule has 6 nitrogen and oxygen atoms in total. The average molecular weight is 350 g/mol. The van der Waals surface area contributed by atoms with Crippen molar-refractivity contribution in [2.45, 2.75) is 38.5 Å². The number of nitrogens with zero attached hydrogens (tertiary/aromatic N) is 4. The van der Waals surface area contributed by atoms with E-state index in [9.17, 15) is 4.79 Å². The summed E-state index contributed by atoms with van der Waals surface area (Å²) in [5.74, 6) is 1.56. The zero-order chi connectivity index (χ0) is 17.9. The number of aromatic nitrogens is 3. The SMILES string of the molecule is CCCC(=O)N1CCC(c2nnc(-c3nccc4ccccc34)o2)CC1. The molecule has 1 aliphatic rings. The molecule has 0 saturated carbocycles. The fourth-order valence-corrected chi connectivity index (χ4v) is 3.53. The van der Waals surface area contributed by atoms with E-state index in [1.807, 2.05) is 42.2 Å². The van der Waals surface area contributed by atoms with Crippen LogP contribution in [0, 0.1) is 0 Å². The van der Waals surface area contributed by atoms with Crippen molar-refractivity contribution in [3.05, 3.63) is 42.4 Å². The monoisotopic (exact) mass is 350 g/mol. The molecule has 1 aliphatic heterocycles. The third-order valence-electron chi connectivity index (χ3n) is 4.98. The van der Waals surface area contributed by atoms with Crippen LogP contribution in [-0.4, -0.2) is 39.1 Å². The average Bonchev–Trinajstić information content (AvgIpc) is 3.18. The number of likely N-dealkylation sites (tertiary alicyclic amines) is 1. The summed E-state index contributed by atoms with van der Waals surface area (Å²) in [5, 5.41) is 10.6. The molecule has 3 aromatic rings. The molecule has 1 fully saturated rings. The first-order valence-electron chi connectivity index (χ1n) is 9.21. The molecule has 1 amide bonds. The van der Waals surface area contributed by atoms with Crippen molar-refractivity contribution in [1.29, 1.82) is 0 Å². The second kappa shape index (κ2) is 7.23. The highest BCUT2D eigenvalue weighted by molar-refractivity contribution is 5.92. The first-order chi connectivity index (χ1) is 12.8. The quantitative estimate of drug-likeness (QED) is 0.716. The van der Waals surface area contributed by atoms with Crippen LogP contribution in [0.15, 0.2) is 40.9 Å². The normalized spacial score (nSPS) is 15.5. The molecule has 1 aromatic carbocycles. The third kappa shape index (κ3) is 3.19. The van der Waals surface area contributed by atoms with E-state index in [0.29, 0.717) is 18.2 Å². The van der Waals surface area contributed by atoms with E-state index in [-0.39, 0.29) is 11.8 Å². The Morgan fingerprint density at radius 1 is 1.19 bits per heavy atom. The van der Waals surface area contributed by atoms with Crippen LogP contribution < -0.4 is 0 Å². The van der Waals surface area contributed by atoms with Crippen LogP contribution in [0.2, 0.25) is 0 Å². The van der Waals surface area contributed by atoms with E-state index in [1.165, 1.54) is 0 Å². The molecule has 0 spiro atoms. The molecule has 0 atom stereocenters. The maximum Gasteiger partial charge on any atom is 0.266 e. The lowest BCUT2D eigenvalue weighted by atomic mass is 9.96. The Hall–Kier alpha value is -2.76. The number of benzene rings is 1. The summed E-state index contributed by atoms with van der Waals surface area (Å²) in [7, 11) is 0. The van der Waals surface area contributed by atoms with Crippen molar-refractivity contribution >= 4 is 16.7 Å². The Bertz CT molecular complexity index is 908. The van der Waals surface area contributed by atoms with Crippen LogP contribution in [0.5, 0.6) is 0 Å². The predicted molar refractivity (Wildman–Crippen MR) is 98.5 cm³/mol. The molecule has 0 radical (unpaired) electrons. The van der Waals surface area contributed by atoms with E-state index in [4.69, 9.17) is 4.42 Å². The van der Waals surface area contributed by atoms with Crippen molar-refractivity contribution in [3.8, 4) is 11.6 Å². The van der Waals surface area contributed by atoms with E-state index in [2.05, 4.69) is 15.2 Å². The number of amides is 1. The Balaban J connectivity index is 1.51. The molecule has 0 bridgehead atoms. The Kier molecular flexibility index (Phi) is 4.65. The van der Waals surface area contributed by atoms with Crippen molar-refractivity contribution in [2.24, 2.45) is 0 Å². The highest BCUT2D eigenvalue weighted by Gasteiger charge is 2.27.